The number of ether oxygens (including phenoxy) is 1. The number of Topliss-reactive ketones (excluding diaryl/α,β-unsaturated/α-hetero) is 1. The number of carbonyl (C=O) groups is 2. The molecule has 1 aliphatic heterocycles. The molecule has 6 nitrogen and oxygen atoms in total. The first kappa shape index (κ1) is 24.1. The molecular formula is C28H27FN2O4. The van der Waals surface area contributed by atoms with Crippen molar-refractivity contribution in [2.45, 2.75) is 38.8 Å². The van der Waals surface area contributed by atoms with Crippen LogP contribution in [0.1, 0.15) is 49.1 Å². The first-order valence-electron chi connectivity index (χ1n) is 11.2. The Morgan fingerprint density at radius 3 is 2.43 bits per heavy atom. The van der Waals surface area contributed by atoms with Crippen LogP contribution in [0.3, 0.4) is 0 Å². The predicted octanol–water partition coefficient (Wildman–Crippen LogP) is 5.15. The lowest BCUT2D eigenvalue weighted by Crippen LogP contribution is -2.29. The molecule has 0 spiro atoms. The number of benzene rings is 2. The minimum absolute atomic E-state index is 0.0468. The molecule has 35 heavy (non-hydrogen) atoms. The highest BCUT2D eigenvalue weighted by Gasteiger charge is 2.46. The molecule has 0 saturated carbocycles. The fraction of sp³-hybridized carbons (Fsp3) is 0.250. The highest BCUT2D eigenvalue weighted by atomic mass is 19.1. The van der Waals surface area contributed by atoms with E-state index in [4.69, 9.17) is 4.74 Å². The first-order valence-corrected chi connectivity index (χ1v) is 11.2. The summed E-state index contributed by atoms with van der Waals surface area (Å²) >= 11 is 0. The summed E-state index contributed by atoms with van der Waals surface area (Å²) in [6.07, 6.45) is 3.15. The summed E-state index contributed by atoms with van der Waals surface area (Å²) in [7, 11) is 1.48. The number of pyridine rings is 1. The molecular weight excluding hydrogens is 447 g/mol. The maximum atomic E-state index is 13.4. The molecule has 0 radical (unpaired) electrons. The van der Waals surface area contributed by atoms with Crippen LogP contribution in [0.4, 0.5) is 4.39 Å². The number of methoxy groups -OCH3 is 1. The van der Waals surface area contributed by atoms with Crippen LogP contribution in [0.15, 0.2) is 72.6 Å². The number of aliphatic hydroxyl groups is 1. The third-order valence-electron chi connectivity index (χ3n) is 6.13. The average Bonchev–Trinajstić information content (AvgIpc) is 3.09. The van der Waals surface area contributed by atoms with Gasteiger partial charge in [-0.25, -0.2) is 4.39 Å². The molecule has 1 N–H and O–H groups in total. The number of carbonyl (C=O) groups excluding carboxylic acids is 2. The molecule has 1 atom stereocenters. The number of nitrogens with zero attached hydrogens (tertiary/aromatic N) is 2. The van der Waals surface area contributed by atoms with Gasteiger partial charge in [-0.2, -0.15) is 0 Å². The monoisotopic (exact) mass is 474 g/mol. The Hall–Kier alpha value is -4.00. The topological polar surface area (TPSA) is 79.7 Å². The van der Waals surface area contributed by atoms with Crippen molar-refractivity contribution in [2.24, 2.45) is 0 Å². The number of ketones is 1. The second-order valence-electron chi connectivity index (χ2n) is 9.50. The van der Waals surface area contributed by atoms with Gasteiger partial charge in [0.15, 0.2) is 0 Å². The van der Waals surface area contributed by atoms with Crippen molar-refractivity contribution >= 4 is 17.4 Å². The van der Waals surface area contributed by atoms with Crippen LogP contribution in [0, 0.1) is 5.82 Å². The molecule has 2 aromatic carbocycles. The molecule has 1 aromatic heterocycles. The highest BCUT2D eigenvalue weighted by Crippen LogP contribution is 2.42. The van der Waals surface area contributed by atoms with Crippen molar-refractivity contribution in [2.75, 3.05) is 7.11 Å². The lowest BCUT2D eigenvalue weighted by molar-refractivity contribution is -0.140. The second-order valence-corrected chi connectivity index (χ2v) is 9.50. The smallest absolute Gasteiger partial charge is 0.295 e. The molecule has 0 aliphatic carbocycles. The summed E-state index contributed by atoms with van der Waals surface area (Å²) < 4.78 is 18.9. The minimum atomic E-state index is -0.878. The quantitative estimate of drug-likeness (QED) is 0.314. The summed E-state index contributed by atoms with van der Waals surface area (Å²) in [5, 5.41) is 11.5. The van der Waals surface area contributed by atoms with Gasteiger partial charge >= 0.3 is 0 Å². The van der Waals surface area contributed by atoms with E-state index in [0.717, 1.165) is 5.56 Å². The zero-order valence-corrected chi connectivity index (χ0v) is 20.1. The van der Waals surface area contributed by atoms with Crippen LogP contribution >= 0.6 is 0 Å². The van der Waals surface area contributed by atoms with Crippen molar-refractivity contribution in [3.05, 3.63) is 101 Å². The number of aliphatic hydroxyl groups excluding tert-OH is 1. The van der Waals surface area contributed by atoms with Crippen molar-refractivity contribution in [1.82, 2.24) is 9.88 Å². The van der Waals surface area contributed by atoms with Crippen LogP contribution in [-0.4, -0.2) is 33.8 Å². The van der Waals surface area contributed by atoms with E-state index in [0.29, 0.717) is 22.4 Å². The number of hydrogen-bond donors (Lipinski definition) is 1. The highest BCUT2D eigenvalue weighted by molar-refractivity contribution is 6.46. The fourth-order valence-corrected chi connectivity index (χ4v) is 4.22. The summed E-state index contributed by atoms with van der Waals surface area (Å²) in [6.45, 7) is 6.17. The van der Waals surface area contributed by atoms with E-state index < -0.39 is 23.5 Å². The molecule has 3 aromatic rings. The Kier molecular flexibility index (Phi) is 6.43. The molecule has 7 heteroatoms. The Morgan fingerprint density at radius 2 is 1.83 bits per heavy atom. The van der Waals surface area contributed by atoms with E-state index >= 15 is 0 Å². The van der Waals surface area contributed by atoms with Gasteiger partial charge in [-0.1, -0.05) is 45.0 Å². The van der Waals surface area contributed by atoms with Gasteiger partial charge in [0.2, 0.25) is 0 Å². The van der Waals surface area contributed by atoms with E-state index in [1.165, 1.54) is 24.1 Å². The van der Waals surface area contributed by atoms with Gasteiger partial charge in [0, 0.05) is 18.9 Å². The van der Waals surface area contributed by atoms with Crippen LogP contribution in [-0.2, 0) is 21.5 Å². The second kappa shape index (κ2) is 9.33. The number of halogens is 1. The van der Waals surface area contributed by atoms with Crippen molar-refractivity contribution < 1.29 is 23.8 Å². The summed E-state index contributed by atoms with van der Waals surface area (Å²) in [5.41, 5.74) is 2.20. The number of aromatic nitrogens is 1. The van der Waals surface area contributed by atoms with E-state index in [1.807, 2.05) is 26.8 Å². The molecule has 0 bridgehead atoms. The Labute approximate surface area is 203 Å². The Morgan fingerprint density at radius 1 is 1.11 bits per heavy atom. The summed E-state index contributed by atoms with van der Waals surface area (Å²) in [5.74, 6) is -1.89. The standard InChI is InChI=1S/C28H27FN2O4/c1-28(2,3)19-9-12-22(35-4)21(14-19)25(32)23-24(18-6-5-13-30-15-18)31(27(34)26(23)33)16-17-7-10-20(29)11-8-17/h5-15,24,32H,16H2,1-4H3/b25-23+. The number of likely N-dealkylation sites (tertiary alicyclic amines) is 1. The normalized spacial score (nSPS) is 17.6. The summed E-state index contributed by atoms with van der Waals surface area (Å²) in [6, 6.07) is 13.7. The lowest BCUT2D eigenvalue weighted by atomic mass is 9.85. The summed E-state index contributed by atoms with van der Waals surface area (Å²) in [4.78, 5) is 32.0. The molecule has 2 heterocycles. The molecule has 1 fully saturated rings. The Balaban J connectivity index is 1.90. The van der Waals surface area contributed by atoms with E-state index in [2.05, 4.69) is 4.98 Å². The van der Waals surface area contributed by atoms with Crippen LogP contribution in [0.5, 0.6) is 5.75 Å². The van der Waals surface area contributed by atoms with Gasteiger partial charge in [-0.05, 0) is 52.4 Å². The molecule has 1 saturated heterocycles. The largest absolute Gasteiger partial charge is 0.507 e. The fourth-order valence-electron chi connectivity index (χ4n) is 4.22. The van der Waals surface area contributed by atoms with Crippen molar-refractivity contribution in [3.63, 3.8) is 0 Å². The van der Waals surface area contributed by atoms with Gasteiger partial charge in [0.1, 0.15) is 17.3 Å². The van der Waals surface area contributed by atoms with Crippen LogP contribution in [0.25, 0.3) is 5.76 Å². The molecule has 180 valence electrons. The van der Waals surface area contributed by atoms with Gasteiger partial charge in [0.25, 0.3) is 11.7 Å². The van der Waals surface area contributed by atoms with E-state index in [-0.39, 0.29) is 23.3 Å². The van der Waals surface area contributed by atoms with Crippen LogP contribution in [0.2, 0.25) is 0 Å². The molecule has 4 rings (SSSR count). The number of amides is 1. The average molecular weight is 475 g/mol. The lowest BCUT2D eigenvalue weighted by Gasteiger charge is -2.25. The maximum absolute atomic E-state index is 13.4. The van der Waals surface area contributed by atoms with Crippen molar-refractivity contribution in [3.8, 4) is 5.75 Å². The Bertz CT molecular complexity index is 1290. The molecule has 1 amide bonds. The third-order valence-corrected chi connectivity index (χ3v) is 6.13. The van der Waals surface area contributed by atoms with Gasteiger partial charge < -0.3 is 14.7 Å². The van der Waals surface area contributed by atoms with Crippen LogP contribution < -0.4 is 4.74 Å². The van der Waals surface area contributed by atoms with Gasteiger partial charge in [-0.15, -0.1) is 0 Å². The van der Waals surface area contributed by atoms with Gasteiger partial charge in [0.05, 0.1) is 24.3 Å². The number of hydrogen-bond acceptors (Lipinski definition) is 5. The van der Waals surface area contributed by atoms with Crippen molar-refractivity contribution in [1.29, 1.82) is 0 Å². The van der Waals surface area contributed by atoms with Gasteiger partial charge in [-0.3, -0.25) is 14.6 Å². The molecule has 1 unspecified atom stereocenters. The molecule has 1 aliphatic rings. The third kappa shape index (κ3) is 4.67. The minimum Gasteiger partial charge on any atom is -0.507 e. The SMILES string of the molecule is COc1ccc(C(C)(C)C)cc1/C(O)=C1\C(=O)C(=O)N(Cc2ccc(F)cc2)C1c1cccnc1. The predicted molar refractivity (Wildman–Crippen MR) is 130 cm³/mol. The zero-order chi connectivity index (χ0) is 25.3. The maximum Gasteiger partial charge on any atom is 0.295 e. The number of rotatable bonds is 5. The zero-order valence-electron chi connectivity index (χ0n) is 20.1. The van der Waals surface area contributed by atoms with E-state index in [1.54, 1.807) is 48.8 Å². The van der Waals surface area contributed by atoms with E-state index in [9.17, 15) is 19.1 Å². The first-order chi connectivity index (χ1) is 16.6.